The molecule has 0 saturated heterocycles. The third-order valence-electron chi connectivity index (χ3n) is 4.92. The van der Waals surface area contributed by atoms with E-state index in [4.69, 9.17) is 4.74 Å². The summed E-state index contributed by atoms with van der Waals surface area (Å²) in [6, 6.07) is 15.0. The van der Waals surface area contributed by atoms with Crippen LogP contribution in [-0.4, -0.2) is 35.9 Å². The highest BCUT2D eigenvalue weighted by molar-refractivity contribution is 5.88. The van der Waals surface area contributed by atoms with Crippen molar-refractivity contribution >= 4 is 11.8 Å². The molecule has 0 aliphatic rings. The van der Waals surface area contributed by atoms with E-state index in [1.165, 1.54) is 0 Å². The lowest BCUT2D eigenvalue weighted by Crippen LogP contribution is -2.50. The highest BCUT2D eigenvalue weighted by Crippen LogP contribution is 2.17. The van der Waals surface area contributed by atoms with Crippen LogP contribution in [0.25, 0.3) is 0 Å². The standard InChI is InChI=1S/C24H32N2O3/c1-5-15-25-24(28)22(6-2)26(16-20-10-8-7-9-19(20)4)23(27)17-29-21-13-11-18(3)12-14-21/h7-14,22H,5-6,15-17H2,1-4H3,(H,25,28)/t22-/m0/s1. The highest BCUT2D eigenvalue weighted by atomic mass is 16.5. The molecule has 0 aliphatic heterocycles. The summed E-state index contributed by atoms with van der Waals surface area (Å²) in [5.74, 6) is 0.322. The van der Waals surface area contributed by atoms with Gasteiger partial charge in [-0.1, -0.05) is 55.8 Å². The van der Waals surface area contributed by atoms with E-state index in [0.29, 0.717) is 25.3 Å². The number of nitrogens with one attached hydrogen (secondary N) is 1. The number of carbonyl (C=O) groups is 2. The number of ether oxygens (including phenoxy) is 1. The van der Waals surface area contributed by atoms with Gasteiger partial charge in [-0.2, -0.15) is 0 Å². The Hall–Kier alpha value is -2.82. The second kappa shape index (κ2) is 11.2. The van der Waals surface area contributed by atoms with Crippen molar-refractivity contribution in [3.63, 3.8) is 0 Å². The normalized spacial score (nSPS) is 11.6. The molecule has 2 aromatic carbocycles. The molecule has 2 rings (SSSR count). The summed E-state index contributed by atoms with van der Waals surface area (Å²) in [5, 5.41) is 2.93. The number of carbonyl (C=O) groups excluding carboxylic acids is 2. The summed E-state index contributed by atoms with van der Waals surface area (Å²) in [6.45, 7) is 8.81. The summed E-state index contributed by atoms with van der Waals surface area (Å²) in [4.78, 5) is 27.5. The Kier molecular flexibility index (Phi) is 8.71. The van der Waals surface area contributed by atoms with Gasteiger partial charge in [0.15, 0.2) is 6.61 Å². The maximum absolute atomic E-state index is 13.1. The molecule has 1 atom stereocenters. The van der Waals surface area contributed by atoms with Crippen LogP contribution in [0.2, 0.25) is 0 Å². The van der Waals surface area contributed by atoms with E-state index in [-0.39, 0.29) is 18.4 Å². The van der Waals surface area contributed by atoms with E-state index in [9.17, 15) is 9.59 Å². The first kappa shape index (κ1) is 22.5. The van der Waals surface area contributed by atoms with E-state index >= 15 is 0 Å². The summed E-state index contributed by atoms with van der Waals surface area (Å²) >= 11 is 0. The van der Waals surface area contributed by atoms with Crippen molar-refractivity contribution in [3.8, 4) is 5.75 Å². The molecule has 5 heteroatoms. The first-order chi connectivity index (χ1) is 14.0. The van der Waals surface area contributed by atoms with Crippen molar-refractivity contribution in [2.24, 2.45) is 0 Å². The van der Waals surface area contributed by atoms with Gasteiger partial charge in [0.05, 0.1) is 0 Å². The molecule has 0 heterocycles. The Morgan fingerprint density at radius 2 is 1.72 bits per heavy atom. The molecule has 0 aromatic heterocycles. The molecule has 2 aromatic rings. The molecule has 1 N–H and O–H groups in total. The van der Waals surface area contributed by atoms with Crippen LogP contribution in [-0.2, 0) is 16.1 Å². The molecule has 5 nitrogen and oxygen atoms in total. The maximum Gasteiger partial charge on any atom is 0.261 e. The molecular formula is C24H32N2O3. The van der Waals surface area contributed by atoms with Crippen molar-refractivity contribution in [2.75, 3.05) is 13.2 Å². The minimum absolute atomic E-state index is 0.105. The second-order valence-electron chi connectivity index (χ2n) is 7.26. The maximum atomic E-state index is 13.1. The molecule has 156 valence electrons. The number of rotatable bonds is 10. The molecule has 0 fully saturated rings. The Balaban J connectivity index is 2.19. The summed E-state index contributed by atoms with van der Waals surface area (Å²) < 4.78 is 5.70. The van der Waals surface area contributed by atoms with Gasteiger partial charge in [-0.25, -0.2) is 0 Å². The highest BCUT2D eigenvalue weighted by Gasteiger charge is 2.29. The summed E-state index contributed by atoms with van der Waals surface area (Å²) in [6.07, 6.45) is 1.39. The minimum atomic E-state index is -0.532. The smallest absolute Gasteiger partial charge is 0.261 e. The van der Waals surface area contributed by atoms with Crippen molar-refractivity contribution in [1.29, 1.82) is 0 Å². The predicted octanol–water partition coefficient (Wildman–Crippen LogP) is 4.02. The fraction of sp³-hybridized carbons (Fsp3) is 0.417. The fourth-order valence-electron chi connectivity index (χ4n) is 3.12. The molecule has 2 amide bonds. The minimum Gasteiger partial charge on any atom is -0.484 e. The number of nitrogens with zero attached hydrogens (tertiary/aromatic N) is 1. The first-order valence-corrected chi connectivity index (χ1v) is 10.3. The van der Waals surface area contributed by atoms with E-state index in [2.05, 4.69) is 5.32 Å². The van der Waals surface area contributed by atoms with E-state index < -0.39 is 6.04 Å². The van der Waals surface area contributed by atoms with Gasteiger partial charge in [-0.3, -0.25) is 9.59 Å². The largest absolute Gasteiger partial charge is 0.484 e. The Morgan fingerprint density at radius 1 is 1.03 bits per heavy atom. The number of amides is 2. The lowest BCUT2D eigenvalue weighted by Gasteiger charge is -2.31. The lowest BCUT2D eigenvalue weighted by molar-refractivity contribution is -0.143. The van der Waals surface area contributed by atoms with Gasteiger partial charge in [-0.15, -0.1) is 0 Å². The number of benzene rings is 2. The first-order valence-electron chi connectivity index (χ1n) is 10.3. The molecule has 0 unspecified atom stereocenters. The van der Waals surface area contributed by atoms with Gasteiger partial charge in [0.2, 0.25) is 5.91 Å². The number of hydrogen-bond acceptors (Lipinski definition) is 3. The van der Waals surface area contributed by atoms with Crippen LogP contribution in [0.15, 0.2) is 48.5 Å². The average Bonchev–Trinajstić information content (AvgIpc) is 2.72. The molecule has 29 heavy (non-hydrogen) atoms. The fourth-order valence-corrected chi connectivity index (χ4v) is 3.12. The van der Waals surface area contributed by atoms with Crippen molar-refractivity contribution in [1.82, 2.24) is 10.2 Å². The number of aryl methyl sites for hydroxylation is 2. The Labute approximate surface area is 174 Å². The second-order valence-corrected chi connectivity index (χ2v) is 7.26. The topological polar surface area (TPSA) is 58.6 Å². The quantitative estimate of drug-likeness (QED) is 0.660. The third-order valence-corrected chi connectivity index (χ3v) is 4.92. The van der Waals surface area contributed by atoms with Crippen LogP contribution >= 0.6 is 0 Å². The zero-order valence-electron chi connectivity index (χ0n) is 17.9. The van der Waals surface area contributed by atoms with E-state index in [0.717, 1.165) is 23.1 Å². The van der Waals surface area contributed by atoms with Gasteiger partial charge in [0.1, 0.15) is 11.8 Å². The van der Waals surface area contributed by atoms with Crippen LogP contribution < -0.4 is 10.1 Å². The van der Waals surface area contributed by atoms with Gasteiger partial charge in [0.25, 0.3) is 5.91 Å². The van der Waals surface area contributed by atoms with Crippen LogP contribution in [0.5, 0.6) is 5.75 Å². The van der Waals surface area contributed by atoms with Gasteiger partial charge >= 0.3 is 0 Å². The molecule has 0 radical (unpaired) electrons. The van der Waals surface area contributed by atoms with Crippen LogP contribution in [0.4, 0.5) is 0 Å². The molecule has 0 spiro atoms. The predicted molar refractivity (Wildman–Crippen MR) is 116 cm³/mol. The molecular weight excluding hydrogens is 364 g/mol. The van der Waals surface area contributed by atoms with Crippen LogP contribution in [0.1, 0.15) is 43.4 Å². The molecule has 0 bridgehead atoms. The average molecular weight is 397 g/mol. The SMILES string of the molecule is CCCNC(=O)[C@H](CC)N(Cc1ccccc1C)C(=O)COc1ccc(C)cc1. The van der Waals surface area contributed by atoms with E-state index in [1.807, 2.05) is 76.2 Å². The van der Waals surface area contributed by atoms with Crippen LogP contribution in [0.3, 0.4) is 0 Å². The van der Waals surface area contributed by atoms with Gasteiger partial charge < -0.3 is 15.0 Å². The van der Waals surface area contributed by atoms with E-state index in [1.54, 1.807) is 4.90 Å². The molecule has 0 saturated carbocycles. The zero-order chi connectivity index (χ0) is 21.2. The molecule has 0 aliphatic carbocycles. The van der Waals surface area contributed by atoms with Gasteiger partial charge in [-0.05, 0) is 49.9 Å². The van der Waals surface area contributed by atoms with Crippen molar-refractivity contribution in [2.45, 2.75) is 53.1 Å². The Bertz CT molecular complexity index is 802. The third kappa shape index (κ3) is 6.63. The summed E-state index contributed by atoms with van der Waals surface area (Å²) in [7, 11) is 0. The number of hydrogen-bond donors (Lipinski definition) is 1. The van der Waals surface area contributed by atoms with Crippen LogP contribution in [0, 0.1) is 13.8 Å². The lowest BCUT2D eigenvalue weighted by atomic mass is 10.1. The zero-order valence-corrected chi connectivity index (χ0v) is 17.9. The van der Waals surface area contributed by atoms with Gasteiger partial charge in [0, 0.05) is 13.1 Å². The monoisotopic (exact) mass is 396 g/mol. The van der Waals surface area contributed by atoms with Crippen molar-refractivity contribution in [3.05, 3.63) is 65.2 Å². The Morgan fingerprint density at radius 3 is 2.34 bits per heavy atom. The summed E-state index contributed by atoms with van der Waals surface area (Å²) in [5.41, 5.74) is 3.25. The van der Waals surface area contributed by atoms with Crippen molar-refractivity contribution < 1.29 is 14.3 Å².